The predicted molar refractivity (Wildman–Crippen MR) is 111 cm³/mol. The first-order chi connectivity index (χ1) is 13.5. The number of para-hydroxylation sites is 1. The van der Waals surface area contributed by atoms with E-state index in [4.69, 9.17) is 0 Å². The fraction of sp³-hybridized carbons (Fsp3) is 0.286. The molecule has 2 aromatic heterocycles. The van der Waals surface area contributed by atoms with Crippen LogP contribution in [0.4, 0.5) is 0 Å². The Morgan fingerprint density at radius 3 is 2.82 bits per heavy atom. The van der Waals surface area contributed by atoms with Crippen molar-refractivity contribution in [2.24, 2.45) is 4.99 Å². The van der Waals surface area contributed by atoms with E-state index in [1.807, 2.05) is 31.3 Å². The van der Waals surface area contributed by atoms with Gasteiger partial charge in [-0.2, -0.15) is 0 Å². The number of aliphatic imine (C=N–C) groups is 1. The number of rotatable bonds is 7. The number of H-pyrrole nitrogens is 2. The van der Waals surface area contributed by atoms with Crippen LogP contribution in [-0.2, 0) is 13.0 Å². The van der Waals surface area contributed by atoms with Gasteiger partial charge in [0.05, 0.1) is 11.8 Å². The first-order valence-electron chi connectivity index (χ1n) is 9.23. The maximum Gasteiger partial charge on any atom is 0.331 e. The van der Waals surface area contributed by atoms with Gasteiger partial charge in [-0.3, -0.25) is 19.3 Å². The molecular weight excluding hydrogens is 356 g/mol. The number of hydrogen-bond donors (Lipinski definition) is 3. The fourth-order valence-corrected chi connectivity index (χ4v) is 3.36. The van der Waals surface area contributed by atoms with Crippen LogP contribution in [0.1, 0.15) is 31.4 Å². The molecule has 3 rings (SSSR count). The van der Waals surface area contributed by atoms with Crippen LogP contribution in [-0.4, -0.2) is 31.4 Å². The molecule has 28 heavy (non-hydrogen) atoms. The molecule has 0 amide bonds. The van der Waals surface area contributed by atoms with Gasteiger partial charge in [0.1, 0.15) is 5.56 Å². The van der Waals surface area contributed by atoms with Crippen molar-refractivity contribution >= 4 is 16.6 Å². The van der Waals surface area contributed by atoms with E-state index in [9.17, 15) is 14.7 Å². The summed E-state index contributed by atoms with van der Waals surface area (Å²) >= 11 is 0. The van der Waals surface area contributed by atoms with E-state index in [2.05, 4.69) is 27.6 Å². The van der Waals surface area contributed by atoms with E-state index >= 15 is 0 Å². The van der Waals surface area contributed by atoms with Crippen LogP contribution in [0.3, 0.4) is 0 Å². The van der Waals surface area contributed by atoms with Crippen LogP contribution in [0.15, 0.2) is 57.7 Å². The Balaban J connectivity index is 1.97. The monoisotopic (exact) mass is 380 g/mol. The summed E-state index contributed by atoms with van der Waals surface area (Å²) in [5.74, 6) is -0.392. The summed E-state index contributed by atoms with van der Waals surface area (Å²) in [7, 11) is 0. The standard InChI is InChI=1S/C21H24N4O3/c1-4-10-25-20(27)18(19(26)24-21(25)28)13(3)23-15(5-2)11-14-12-22-17-9-7-6-8-16(14)17/h4,6-9,12,15,22,27H,1,5,10-11H2,2-3H3,(H,24,26,28)/t15-/m1/s1. The smallest absolute Gasteiger partial charge is 0.331 e. The molecule has 0 bridgehead atoms. The van der Waals surface area contributed by atoms with E-state index in [1.165, 1.54) is 6.08 Å². The van der Waals surface area contributed by atoms with Gasteiger partial charge in [-0.25, -0.2) is 4.79 Å². The highest BCUT2D eigenvalue weighted by molar-refractivity contribution is 6.00. The van der Waals surface area contributed by atoms with Gasteiger partial charge in [-0.05, 0) is 31.4 Å². The van der Waals surface area contributed by atoms with Crippen molar-refractivity contribution in [1.29, 1.82) is 0 Å². The molecule has 1 atom stereocenters. The normalized spacial score (nSPS) is 13.0. The van der Waals surface area contributed by atoms with E-state index in [0.29, 0.717) is 12.1 Å². The minimum Gasteiger partial charge on any atom is -0.494 e. The van der Waals surface area contributed by atoms with Gasteiger partial charge >= 0.3 is 5.69 Å². The average molecular weight is 380 g/mol. The van der Waals surface area contributed by atoms with Crippen LogP contribution < -0.4 is 11.2 Å². The van der Waals surface area contributed by atoms with Crippen molar-refractivity contribution in [2.45, 2.75) is 39.3 Å². The first-order valence-corrected chi connectivity index (χ1v) is 9.23. The van der Waals surface area contributed by atoms with Crippen LogP contribution in [0, 0.1) is 0 Å². The number of allylic oxidation sites excluding steroid dienone is 1. The molecule has 3 aromatic rings. The van der Waals surface area contributed by atoms with Crippen LogP contribution in [0.5, 0.6) is 5.88 Å². The Kier molecular flexibility index (Phi) is 5.63. The molecule has 0 aliphatic rings. The second kappa shape index (κ2) is 8.12. The Bertz CT molecular complexity index is 1150. The largest absolute Gasteiger partial charge is 0.494 e. The van der Waals surface area contributed by atoms with E-state index < -0.39 is 17.1 Å². The fourth-order valence-electron chi connectivity index (χ4n) is 3.36. The van der Waals surface area contributed by atoms with Crippen molar-refractivity contribution < 1.29 is 5.11 Å². The maximum absolute atomic E-state index is 12.3. The third-order valence-electron chi connectivity index (χ3n) is 4.82. The third-order valence-corrected chi connectivity index (χ3v) is 4.82. The number of aromatic nitrogens is 3. The zero-order valence-electron chi connectivity index (χ0n) is 16.0. The van der Waals surface area contributed by atoms with Crippen LogP contribution in [0.25, 0.3) is 10.9 Å². The van der Waals surface area contributed by atoms with Gasteiger partial charge in [0, 0.05) is 23.6 Å². The molecule has 2 heterocycles. The molecular formula is C21H24N4O3. The lowest BCUT2D eigenvalue weighted by Gasteiger charge is -2.13. The van der Waals surface area contributed by atoms with Gasteiger partial charge in [0.25, 0.3) is 5.56 Å². The van der Waals surface area contributed by atoms with Crippen molar-refractivity contribution in [1.82, 2.24) is 14.5 Å². The van der Waals surface area contributed by atoms with E-state index in [0.717, 1.165) is 27.5 Å². The quantitative estimate of drug-likeness (QED) is 0.434. The van der Waals surface area contributed by atoms with Crippen LogP contribution >= 0.6 is 0 Å². The highest BCUT2D eigenvalue weighted by Crippen LogP contribution is 2.21. The minimum absolute atomic E-state index is 0.0128. The molecule has 7 heteroatoms. The Hall–Kier alpha value is -3.35. The molecule has 7 nitrogen and oxygen atoms in total. The highest BCUT2D eigenvalue weighted by atomic mass is 16.3. The number of hydrogen-bond acceptors (Lipinski definition) is 4. The third kappa shape index (κ3) is 3.69. The minimum atomic E-state index is -0.676. The molecule has 0 saturated carbocycles. The van der Waals surface area contributed by atoms with Gasteiger partial charge in [0.15, 0.2) is 0 Å². The average Bonchev–Trinajstić information content (AvgIpc) is 3.07. The lowest BCUT2D eigenvalue weighted by atomic mass is 10.0. The van der Waals surface area contributed by atoms with Crippen LogP contribution in [0.2, 0.25) is 0 Å². The summed E-state index contributed by atoms with van der Waals surface area (Å²) in [5, 5.41) is 11.6. The van der Waals surface area contributed by atoms with Gasteiger partial charge in [-0.1, -0.05) is 31.2 Å². The maximum atomic E-state index is 12.3. The summed E-state index contributed by atoms with van der Waals surface area (Å²) < 4.78 is 1.06. The first kappa shape index (κ1) is 19.4. The second-order valence-corrected chi connectivity index (χ2v) is 6.70. The summed E-state index contributed by atoms with van der Waals surface area (Å²) in [6.45, 7) is 7.36. The van der Waals surface area contributed by atoms with Gasteiger partial charge < -0.3 is 10.1 Å². The molecule has 3 N–H and O–H groups in total. The Morgan fingerprint density at radius 1 is 1.36 bits per heavy atom. The molecule has 0 saturated heterocycles. The SMILES string of the molecule is C=CCn1c(O)c(C(C)=N[C@H](CC)Cc2c[nH]c3ccccc23)c(=O)[nH]c1=O. The van der Waals surface area contributed by atoms with Crippen molar-refractivity contribution in [3.8, 4) is 5.88 Å². The van der Waals surface area contributed by atoms with E-state index in [1.54, 1.807) is 6.92 Å². The van der Waals surface area contributed by atoms with Gasteiger partial charge in [0.2, 0.25) is 5.88 Å². The number of aromatic hydroxyl groups is 1. The summed E-state index contributed by atoms with van der Waals surface area (Å²) in [5.41, 5.74) is 1.30. The summed E-state index contributed by atoms with van der Waals surface area (Å²) in [4.78, 5) is 34.3. The number of nitrogens with zero attached hydrogens (tertiary/aromatic N) is 2. The molecule has 0 aliphatic carbocycles. The lowest BCUT2D eigenvalue weighted by molar-refractivity contribution is 0.409. The predicted octanol–water partition coefficient (Wildman–Crippen LogP) is 2.74. The molecule has 0 fully saturated rings. The zero-order valence-corrected chi connectivity index (χ0v) is 16.0. The second-order valence-electron chi connectivity index (χ2n) is 6.70. The molecule has 146 valence electrons. The zero-order chi connectivity index (χ0) is 20.3. The Morgan fingerprint density at radius 2 is 2.11 bits per heavy atom. The highest BCUT2D eigenvalue weighted by Gasteiger charge is 2.18. The Labute approximate surface area is 162 Å². The lowest BCUT2D eigenvalue weighted by Crippen LogP contribution is -2.33. The molecule has 0 radical (unpaired) electrons. The molecule has 0 unspecified atom stereocenters. The molecule has 1 aromatic carbocycles. The number of fused-ring (bicyclic) bond motifs is 1. The van der Waals surface area contributed by atoms with Crippen molar-refractivity contribution in [3.63, 3.8) is 0 Å². The van der Waals surface area contributed by atoms with Crippen molar-refractivity contribution in [3.05, 3.63) is 75.1 Å². The number of benzene rings is 1. The number of aromatic amines is 2. The van der Waals surface area contributed by atoms with Crippen molar-refractivity contribution in [2.75, 3.05) is 0 Å². The van der Waals surface area contributed by atoms with E-state index in [-0.39, 0.29) is 18.2 Å². The topological polar surface area (TPSA) is 103 Å². The molecule has 0 spiro atoms. The molecule has 0 aliphatic heterocycles. The van der Waals surface area contributed by atoms with Gasteiger partial charge in [-0.15, -0.1) is 6.58 Å². The summed E-state index contributed by atoms with van der Waals surface area (Å²) in [6.07, 6.45) is 4.92. The number of nitrogens with one attached hydrogen (secondary N) is 2. The summed E-state index contributed by atoms with van der Waals surface area (Å²) in [6, 6.07) is 7.99.